The summed E-state index contributed by atoms with van der Waals surface area (Å²) in [6.07, 6.45) is 1.22. The Labute approximate surface area is 105 Å². The standard InChI is InChI=1S/C13H13ClO3/c1-15-13(16-2)10-7-12(17-8-10)9-3-5-11(14)6-4-9/h3-8,13H,1-2H3. The minimum absolute atomic E-state index is 0.403. The van der Waals surface area contributed by atoms with Crippen LogP contribution in [-0.4, -0.2) is 14.2 Å². The lowest BCUT2D eigenvalue weighted by molar-refractivity contribution is -0.106. The summed E-state index contributed by atoms with van der Waals surface area (Å²) >= 11 is 5.83. The predicted octanol–water partition coefficient (Wildman–Crippen LogP) is 3.89. The Hall–Kier alpha value is -1.29. The molecule has 3 nitrogen and oxygen atoms in total. The Morgan fingerprint density at radius 2 is 1.76 bits per heavy atom. The minimum Gasteiger partial charge on any atom is -0.464 e. The Balaban J connectivity index is 2.26. The first-order chi connectivity index (χ1) is 8.24. The van der Waals surface area contributed by atoms with Gasteiger partial charge in [0.15, 0.2) is 6.29 Å². The largest absolute Gasteiger partial charge is 0.464 e. The van der Waals surface area contributed by atoms with Crippen LogP contribution in [-0.2, 0) is 9.47 Å². The lowest BCUT2D eigenvalue weighted by Crippen LogP contribution is -2.01. The van der Waals surface area contributed by atoms with Gasteiger partial charge < -0.3 is 13.9 Å². The maximum absolute atomic E-state index is 5.83. The van der Waals surface area contributed by atoms with Gasteiger partial charge in [0.2, 0.25) is 0 Å². The molecule has 0 N–H and O–H groups in total. The van der Waals surface area contributed by atoms with E-state index in [0.717, 1.165) is 16.9 Å². The van der Waals surface area contributed by atoms with Crippen LogP contribution in [0.3, 0.4) is 0 Å². The molecule has 0 spiro atoms. The van der Waals surface area contributed by atoms with Crippen LogP contribution in [0.15, 0.2) is 41.0 Å². The van der Waals surface area contributed by atoms with Gasteiger partial charge in [-0.15, -0.1) is 0 Å². The summed E-state index contributed by atoms with van der Waals surface area (Å²) in [6.45, 7) is 0. The summed E-state index contributed by atoms with van der Waals surface area (Å²) in [5, 5.41) is 0.701. The van der Waals surface area contributed by atoms with Crippen molar-refractivity contribution in [2.75, 3.05) is 14.2 Å². The number of halogens is 1. The van der Waals surface area contributed by atoms with Crippen molar-refractivity contribution in [3.8, 4) is 11.3 Å². The normalized spacial score (nSPS) is 11.1. The van der Waals surface area contributed by atoms with E-state index in [1.807, 2.05) is 30.3 Å². The number of hydrogen-bond donors (Lipinski definition) is 0. The fourth-order valence-electron chi connectivity index (χ4n) is 1.61. The zero-order chi connectivity index (χ0) is 12.3. The predicted molar refractivity (Wildman–Crippen MR) is 65.9 cm³/mol. The molecule has 1 heterocycles. The number of hydrogen-bond acceptors (Lipinski definition) is 3. The van der Waals surface area contributed by atoms with Crippen molar-refractivity contribution in [3.63, 3.8) is 0 Å². The van der Waals surface area contributed by atoms with Crippen LogP contribution in [0.1, 0.15) is 11.9 Å². The first-order valence-electron chi connectivity index (χ1n) is 5.14. The van der Waals surface area contributed by atoms with Crippen molar-refractivity contribution >= 4 is 11.6 Å². The molecule has 2 aromatic rings. The van der Waals surface area contributed by atoms with Gasteiger partial charge in [0.05, 0.1) is 6.26 Å². The van der Waals surface area contributed by atoms with Crippen molar-refractivity contribution in [2.45, 2.75) is 6.29 Å². The zero-order valence-electron chi connectivity index (χ0n) is 9.64. The van der Waals surface area contributed by atoms with Gasteiger partial charge in [-0.3, -0.25) is 0 Å². The fraction of sp³-hybridized carbons (Fsp3) is 0.231. The second-order valence-corrected chi connectivity index (χ2v) is 3.99. The second kappa shape index (κ2) is 5.36. The number of benzene rings is 1. The molecule has 0 fully saturated rings. The average Bonchev–Trinajstić information content (AvgIpc) is 2.81. The van der Waals surface area contributed by atoms with Gasteiger partial charge in [0.25, 0.3) is 0 Å². The van der Waals surface area contributed by atoms with E-state index in [1.165, 1.54) is 0 Å². The summed E-state index contributed by atoms with van der Waals surface area (Å²) in [7, 11) is 3.17. The van der Waals surface area contributed by atoms with E-state index >= 15 is 0 Å². The van der Waals surface area contributed by atoms with E-state index in [1.54, 1.807) is 20.5 Å². The van der Waals surface area contributed by atoms with Crippen LogP contribution >= 0.6 is 11.6 Å². The molecule has 0 unspecified atom stereocenters. The number of rotatable bonds is 4. The van der Waals surface area contributed by atoms with Crippen LogP contribution in [0.25, 0.3) is 11.3 Å². The lowest BCUT2D eigenvalue weighted by atomic mass is 10.1. The highest BCUT2D eigenvalue weighted by Gasteiger charge is 2.13. The van der Waals surface area contributed by atoms with Gasteiger partial charge in [0, 0.05) is 30.4 Å². The maximum Gasteiger partial charge on any atom is 0.186 e. The molecule has 0 atom stereocenters. The minimum atomic E-state index is -0.403. The van der Waals surface area contributed by atoms with E-state index in [9.17, 15) is 0 Å². The third-order valence-corrected chi connectivity index (χ3v) is 2.70. The molecule has 0 saturated heterocycles. The highest BCUT2D eigenvalue weighted by molar-refractivity contribution is 6.30. The van der Waals surface area contributed by atoms with E-state index in [4.69, 9.17) is 25.5 Å². The first-order valence-corrected chi connectivity index (χ1v) is 5.52. The Morgan fingerprint density at radius 3 is 2.35 bits per heavy atom. The van der Waals surface area contributed by atoms with E-state index < -0.39 is 6.29 Å². The molecule has 0 amide bonds. The number of furan rings is 1. The lowest BCUT2D eigenvalue weighted by Gasteiger charge is -2.09. The van der Waals surface area contributed by atoms with E-state index in [2.05, 4.69) is 0 Å². The van der Waals surface area contributed by atoms with Crippen LogP contribution in [0.4, 0.5) is 0 Å². The first kappa shape index (κ1) is 12.2. The highest BCUT2D eigenvalue weighted by Crippen LogP contribution is 2.27. The Bertz CT molecular complexity index is 472. The molecule has 2 rings (SSSR count). The molecule has 1 aromatic heterocycles. The Morgan fingerprint density at radius 1 is 1.12 bits per heavy atom. The molecule has 4 heteroatoms. The van der Waals surface area contributed by atoms with Gasteiger partial charge in [-0.2, -0.15) is 0 Å². The molecule has 0 radical (unpaired) electrons. The summed E-state index contributed by atoms with van der Waals surface area (Å²) in [4.78, 5) is 0. The van der Waals surface area contributed by atoms with Crippen LogP contribution in [0.5, 0.6) is 0 Å². The van der Waals surface area contributed by atoms with Crippen LogP contribution in [0.2, 0.25) is 5.02 Å². The number of methoxy groups -OCH3 is 2. The molecule has 0 saturated carbocycles. The second-order valence-electron chi connectivity index (χ2n) is 3.55. The van der Waals surface area contributed by atoms with Crippen LogP contribution in [0, 0.1) is 0 Å². The van der Waals surface area contributed by atoms with E-state index in [-0.39, 0.29) is 0 Å². The smallest absolute Gasteiger partial charge is 0.186 e. The van der Waals surface area contributed by atoms with Crippen molar-refractivity contribution < 1.29 is 13.9 Å². The summed E-state index contributed by atoms with van der Waals surface area (Å²) in [5.74, 6) is 0.760. The average molecular weight is 253 g/mol. The zero-order valence-corrected chi connectivity index (χ0v) is 10.4. The van der Waals surface area contributed by atoms with E-state index in [0.29, 0.717) is 5.02 Å². The van der Waals surface area contributed by atoms with Gasteiger partial charge in [-0.25, -0.2) is 0 Å². The highest BCUT2D eigenvalue weighted by atomic mass is 35.5. The van der Waals surface area contributed by atoms with Crippen LogP contribution < -0.4 is 0 Å². The SMILES string of the molecule is COC(OC)c1coc(-c2ccc(Cl)cc2)c1. The molecule has 0 bridgehead atoms. The summed E-state index contributed by atoms with van der Waals surface area (Å²) in [6, 6.07) is 9.34. The topological polar surface area (TPSA) is 31.6 Å². The van der Waals surface area contributed by atoms with Gasteiger partial charge >= 0.3 is 0 Å². The summed E-state index contributed by atoms with van der Waals surface area (Å²) < 4.78 is 15.8. The quantitative estimate of drug-likeness (QED) is 0.774. The molecule has 0 aliphatic rings. The van der Waals surface area contributed by atoms with Crippen molar-refractivity contribution in [1.29, 1.82) is 0 Å². The third kappa shape index (κ3) is 2.69. The monoisotopic (exact) mass is 252 g/mol. The van der Waals surface area contributed by atoms with Crippen molar-refractivity contribution in [1.82, 2.24) is 0 Å². The number of ether oxygens (including phenoxy) is 2. The van der Waals surface area contributed by atoms with Crippen molar-refractivity contribution in [2.24, 2.45) is 0 Å². The van der Waals surface area contributed by atoms with Gasteiger partial charge in [-0.1, -0.05) is 11.6 Å². The summed E-state index contributed by atoms with van der Waals surface area (Å²) in [5.41, 5.74) is 1.81. The molecular weight excluding hydrogens is 240 g/mol. The molecule has 90 valence electrons. The van der Waals surface area contributed by atoms with Gasteiger partial charge in [0.1, 0.15) is 5.76 Å². The molecule has 17 heavy (non-hydrogen) atoms. The van der Waals surface area contributed by atoms with Crippen molar-refractivity contribution in [3.05, 3.63) is 47.2 Å². The Kier molecular flexibility index (Phi) is 3.84. The fourth-order valence-corrected chi connectivity index (χ4v) is 1.73. The molecular formula is C13H13ClO3. The van der Waals surface area contributed by atoms with Gasteiger partial charge in [-0.05, 0) is 30.3 Å². The molecule has 1 aromatic carbocycles. The maximum atomic E-state index is 5.83. The molecule has 0 aliphatic carbocycles. The third-order valence-electron chi connectivity index (χ3n) is 2.45. The molecule has 0 aliphatic heterocycles.